The summed E-state index contributed by atoms with van der Waals surface area (Å²) in [5.74, 6) is 0.936. The molecule has 1 aromatic carbocycles. The molecule has 0 radical (unpaired) electrons. The molecule has 2 heterocycles. The van der Waals surface area contributed by atoms with E-state index in [0.29, 0.717) is 13.1 Å². The van der Waals surface area contributed by atoms with Crippen LogP contribution in [0.3, 0.4) is 0 Å². The highest BCUT2D eigenvalue weighted by atomic mass is 32.2. The molecule has 1 aromatic heterocycles. The van der Waals surface area contributed by atoms with Crippen molar-refractivity contribution >= 4 is 21.8 Å². The molecule has 8 heteroatoms. The van der Waals surface area contributed by atoms with Crippen LogP contribution in [0.1, 0.15) is 0 Å². The number of rotatable bonds is 3. The maximum Gasteiger partial charge on any atom is 0.243 e. The Bertz CT molecular complexity index is 726. The van der Waals surface area contributed by atoms with Gasteiger partial charge in [0.2, 0.25) is 10.0 Å². The van der Waals surface area contributed by atoms with E-state index in [4.69, 9.17) is 0 Å². The molecule has 21 heavy (non-hydrogen) atoms. The van der Waals surface area contributed by atoms with Gasteiger partial charge in [-0.3, -0.25) is 0 Å². The molecule has 0 unspecified atom stereocenters. The highest BCUT2D eigenvalue weighted by molar-refractivity contribution is 7.99. The second kappa shape index (κ2) is 5.78. The Morgan fingerprint density at radius 1 is 1.24 bits per heavy atom. The minimum atomic E-state index is -3.62. The SMILES string of the molecule is O=S(=O)(c1ccc(-n2cccn2)c(F)c1)N1CCSCC1. The maximum atomic E-state index is 14.2. The molecule has 0 N–H and O–H groups in total. The van der Waals surface area contributed by atoms with Gasteiger partial charge in [0, 0.05) is 37.0 Å². The zero-order valence-electron chi connectivity index (χ0n) is 11.1. The molecule has 0 amide bonds. The third-order valence-corrected chi connectivity index (χ3v) is 6.12. The number of aromatic nitrogens is 2. The fourth-order valence-corrected chi connectivity index (χ4v) is 4.77. The lowest BCUT2D eigenvalue weighted by Gasteiger charge is -2.25. The first-order valence-electron chi connectivity index (χ1n) is 6.46. The normalized spacial score (nSPS) is 17.0. The van der Waals surface area contributed by atoms with Crippen LogP contribution in [0, 0.1) is 5.82 Å². The van der Waals surface area contributed by atoms with E-state index in [-0.39, 0.29) is 10.6 Å². The molecular weight excluding hydrogens is 313 g/mol. The Kier molecular flexibility index (Phi) is 4.01. The molecule has 0 atom stereocenters. The first kappa shape index (κ1) is 14.6. The Labute approximate surface area is 126 Å². The topological polar surface area (TPSA) is 55.2 Å². The molecular formula is C13H14FN3O2S2. The van der Waals surface area contributed by atoms with Crippen LogP contribution in [0.4, 0.5) is 4.39 Å². The van der Waals surface area contributed by atoms with Crippen LogP contribution in [0.2, 0.25) is 0 Å². The van der Waals surface area contributed by atoms with Gasteiger partial charge in [0.15, 0.2) is 0 Å². The molecule has 0 saturated carbocycles. The summed E-state index contributed by atoms with van der Waals surface area (Å²) in [5.41, 5.74) is 0.230. The zero-order chi connectivity index (χ0) is 14.9. The van der Waals surface area contributed by atoms with Gasteiger partial charge in [0.25, 0.3) is 0 Å². The van der Waals surface area contributed by atoms with E-state index >= 15 is 0 Å². The lowest BCUT2D eigenvalue weighted by Crippen LogP contribution is -2.37. The quantitative estimate of drug-likeness (QED) is 0.862. The maximum absolute atomic E-state index is 14.2. The predicted octanol–water partition coefficient (Wildman–Crippen LogP) is 1.75. The summed E-state index contributed by atoms with van der Waals surface area (Å²) in [4.78, 5) is -0.0113. The molecule has 1 saturated heterocycles. The van der Waals surface area contributed by atoms with Gasteiger partial charge in [-0.05, 0) is 24.3 Å². The van der Waals surface area contributed by atoms with Crippen LogP contribution in [-0.4, -0.2) is 47.1 Å². The Hall–Kier alpha value is -1.38. The van der Waals surface area contributed by atoms with Crippen LogP contribution in [0.25, 0.3) is 5.69 Å². The molecule has 1 aliphatic heterocycles. The third-order valence-electron chi connectivity index (χ3n) is 3.28. The number of benzene rings is 1. The summed E-state index contributed by atoms with van der Waals surface area (Å²) in [5, 5.41) is 3.94. The lowest BCUT2D eigenvalue weighted by atomic mass is 10.3. The molecule has 3 rings (SSSR count). The van der Waals surface area contributed by atoms with Crippen LogP contribution in [-0.2, 0) is 10.0 Å². The van der Waals surface area contributed by atoms with Crippen molar-refractivity contribution in [3.63, 3.8) is 0 Å². The summed E-state index contributed by atoms with van der Waals surface area (Å²) in [6, 6.07) is 5.61. The van der Waals surface area contributed by atoms with Crippen molar-refractivity contribution < 1.29 is 12.8 Å². The van der Waals surface area contributed by atoms with Gasteiger partial charge in [-0.2, -0.15) is 21.2 Å². The van der Waals surface area contributed by atoms with Crippen molar-refractivity contribution in [2.45, 2.75) is 4.90 Å². The van der Waals surface area contributed by atoms with E-state index in [1.54, 1.807) is 24.0 Å². The number of sulfonamides is 1. The summed E-state index contributed by atoms with van der Waals surface area (Å²) in [6.07, 6.45) is 3.14. The van der Waals surface area contributed by atoms with Crippen molar-refractivity contribution in [3.8, 4) is 5.69 Å². The molecule has 0 bridgehead atoms. The standard InChI is InChI=1S/C13H14FN3O2S2/c14-12-10-11(2-3-13(12)17-5-1-4-15-17)21(18,19)16-6-8-20-9-7-16/h1-5,10H,6-9H2. The molecule has 0 spiro atoms. The summed E-state index contributed by atoms with van der Waals surface area (Å²) < 4.78 is 41.9. The lowest BCUT2D eigenvalue weighted by molar-refractivity contribution is 0.443. The van der Waals surface area contributed by atoms with Crippen LogP contribution < -0.4 is 0 Å². The Morgan fingerprint density at radius 3 is 2.62 bits per heavy atom. The van der Waals surface area contributed by atoms with Gasteiger partial charge in [0.05, 0.1) is 4.90 Å². The van der Waals surface area contributed by atoms with E-state index in [1.807, 2.05) is 0 Å². The van der Waals surface area contributed by atoms with Crippen molar-refractivity contribution in [2.24, 2.45) is 0 Å². The van der Waals surface area contributed by atoms with Crippen molar-refractivity contribution in [1.29, 1.82) is 0 Å². The molecule has 5 nitrogen and oxygen atoms in total. The fourth-order valence-electron chi connectivity index (χ4n) is 2.18. The molecule has 112 valence electrons. The highest BCUT2D eigenvalue weighted by Crippen LogP contribution is 2.23. The van der Waals surface area contributed by atoms with Crippen LogP contribution in [0.15, 0.2) is 41.6 Å². The van der Waals surface area contributed by atoms with Crippen LogP contribution in [0.5, 0.6) is 0 Å². The molecule has 2 aromatic rings. The number of nitrogens with zero attached hydrogens (tertiary/aromatic N) is 3. The summed E-state index contributed by atoms with van der Waals surface area (Å²) in [6.45, 7) is 0.936. The first-order chi connectivity index (χ1) is 10.1. The summed E-state index contributed by atoms with van der Waals surface area (Å²) >= 11 is 1.72. The second-order valence-electron chi connectivity index (χ2n) is 4.58. The molecule has 1 fully saturated rings. The van der Waals surface area contributed by atoms with Gasteiger partial charge in [-0.25, -0.2) is 17.5 Å². The Balaban J connectivity index is 1.94. The minimum Gasteiger partial charge on any atom is -0.238 e. The zero-order valence-corrected chi connectivity index (χ0v) is 12.8. The van der Waals surface area contributed by atoms with Gasteiger partial charge in [-0.15, -0.1) is 0 Å². The van der Waals surface area contributed by atoms with E-state index in [2.05, 4.69) is 5.10 Å². The smallest absolute Gasteiger partial charge is 0.238 e. The van der Waals surface area contributed by atoms with Crippen LogP contribution >= 0.6 is 11.8 Å². The van der Waals surface area contributed by atoms with Gasteiger partial charge in [-0.1, -0.05) is 0 Å². The number of halogens is 1. The van der Waals surface area contributed by atoms with E-state index in [9.17, 15) is 12.8 Å². The third kappa shape index (κ3) is 2.83. The largest absolute Gasteiger partial charge is 0.243 e. The average Bonchev–Trinajstić information content (AvgIpc) is 3.02. The molecule has 0 aliphatic carbocycles. The highest BCUT2D eigenvalue weighted by Gasteiger charge is 2.27. The number of thioether (sulfide) groups is 1. The predicted molar refractivity (Wildman–Crippen MR) is 79.6 cm³/mol. The fraction of sp³-hybridized carbons (Fsp3) is 0.308. The average molecular weight is 327 g/mol. The monoisotopic (exact) mass is 327 g/mol. The number of hydrogen-bond donors (Lipinski definition) is 0. The van der Waals surface area contributed by atoms with E-state index in [1.165, 1.54) is 27.3 Å². The van der Waals surface area contributed by atoms with Crippen molar-refractivity contribution in [2.75, 3.05) is 24.6 Å². The van der Waals surface area contributed by atoms with Gasteiger partial charge in [0.1, 0.15) is 11.5 Å². The number of hydrogen-bond acceptors (Lipinski definition) is 4. The Morgan fingerprint density at radius 2 is 2.00 bits per heavy atom. The van der Waals surface area contributed by atoms with Crippen molar-refractivity contribution in [1.82, 2.24) is 14.1 Å². The van der Waals surface area contributed by atoms with Gasteiger partial charge < -0.3 is 0 Å². The summed E-state index contributed by atoms with van der Waals surface area (Å²) in [7, 11) is -3.62. The van der Waals surface area contributed by atoms with E-state index < -0.39 is 15.8 Å². The molecule has 1 aliphatic rings. The second-order valence-corrected chi connectivity index (χ2v) is 7.74. The van der Waals surface area contributed by atoms with Gasteiger partial charge >= 0.3 is 0 Å². The minimum absolute atomic E-state index is 0.0113. The van der Waals surface area contributed by atoms with E-state index in [0.717, 1.165) is 17.6 Å². The first-order valence-corrected chi connectivity index (χ1v) is 9.06. The van der Waals surface area contributed by atoms with Crippen molar-refractivity contribution in [3.05, 3.63) is 42.5 Å².